The molecule has 16 heavy (non-hydrogen) atoms. The molecule has 0 aliphatic rings. The van der Waals surface area contributed by atoms with Gasteiger partial charge in [-0.3, -0.25) is 4.98 Å². The van der Waals surface area contributed by atoms with Crippen molar-refractivity contribution in [3.63, 3.8) is 0 Å². The fourth-order valence-electron chi connectivity index (χ4n) is 1.33. The maximum Gasteiger partial charge on any atom is 0.233 e. The summed E-state index contributed by atoms with van der Waals surface area (Å²) >= 11 is 5.96. The number of pyridine rings is 2. The Morgan fingerprint density at radius 3 is 2.62 bits per heavy atom. The van der Waals surface area contributed by atoms with E-state index in [0.717, 1.165) is 5.56 Å². The monoisotopic (exact) mass is 234 g/mol. The van der Waals surface area contributed by atoms with Crippen LogP contribution in [-0.4, -0.2) is 9.97 Å². The highest BCUT2D eigenvalue weighted by atomic mass is 35.5. The Labute approximate surface area is 99.1 Å². The molecular weight excluding hydrogens is 224 g/mol. The maximum absolute atomic E-state index is 5.96. The molecule has 2 aromatic rings. The average Bonchev–Trinajstić information content (AvgIpc) is 2.33. The number of rotatable bonds is 3. The van der Waals surface area contributed by atoms with Crippen LogP contribution in [0, 0.1) is 0 Å². The molecule has 2 rings (SSSR count). The quantitative estimate of drug-likeness (QED) is 0.818. The summed E-state index contributed by atoms with van der Waals surface area (Å²) in [7, 11) is 0. The van der Waals surface area contributed by atoms with Gasteiger partial charge in [-0.1, -0.05) is 11.6 Å². The molecule has 2 heterocycles. The highest BCUT2D eigenvalue weighted by Gasteiger charge is 2.09. The van der Waals surface area contributed by atoms with Gasteiger partial charge in [-0.15, -0.1) is 0 Å². The van der Waals surface area contributed by atoms with Crippen molar-refractivity contribution in [1.29, 1.82) is 0 Å². The Kier molecular flexibility index (Phi) is 3.37. The first-order valence-electron chi connectivity index (χ1n) is 4.94. The molecule has 0 radical (unpaired) electrons. The second-order valence-electron chi connectivity index (χ2n) is 3.33. The molecule has 0 aliphatic heterocycles. The number of hydrogen-bond donors (Lipinski definition) is 0. The zero-order chi connectivity index (χ0) is 11.4. The van der Waals surface area contributed by atoms with Crippen LogP contribution in [-0.2, 0) is 0 Å². The summed E-state index contributed by atoms with van der Waals surface area (Å²) in [6, 6.07) is 7.33. The van der Waals surface area contributed by atoms with Crippen molar-refractivity contribution in [3.05, 3.63) is 53.4 Å². The minimum Gasteiger partial charge on any atom is -0.469 e. The number of aromatic nitrogens is 2. The van der Waals surface area contributed by atoms with Gasteiger partial charge in [0.05, 0.1) is 0 Å². The van der Waals surface area contributed by atoms with E-state index < -0.39 is 0 Å². The van der Waals surface area contributed by atoms with E-state index in [9.17, 15) is 0 Å². The van der Waals surface area contributed by atoms with Gasteiger partial charge in [-0.2, -0.15) is 0 Å². The van der Waals surface area contributed by atoms with Crippen LogP contribution in [0.4, 0.5) is 0 Å². The molecule has 82 valence electrons. The summed E-state index contributed by atoms with van der Waals surface area (Å²) in [5, 5.41) is 0.517. The summed E-state index contributed by atoms with van der Waals surface area (Å²) in [6.45, 7) is 1.94. The fraction of sp³-hybridized carbons (Fsp3) is 0.167. The molecular formula is C12H11ClN2O. The SMILES string of the molecule is CC(Oc1ncccc1Cl)c1ccncc1. The van der Waals surface area contributed by atoms with Crippen LogP contribution in [0.1, 0.15) is 18.6 Å². The largest absolute Gasteiger partial charge is 0.469 e. The molecule has 0 aromatic carbocycles. The van der Waals surface area contributed by atoms with Gasteiger partial charge in [0, 0.05) is 18.6 Å². The van der Waals surface area contributed by atoms with Crippen LogP contribution >= 0.6 is 11.6 Å². The maximum atomic E-state index is 5.96. The Balaban J connectivity index is 2.14. The Hall–Kier alpha value is -1.61. The van der Waals surface area contributed by atoms with Crippen LogP contribution in [0.25, 0.3) is 0 Å². The molecule has 1 atom stereocenters. The van der Waals surface area contributed by atoms with Gasteiger partial charge in [0.1, 0.15) is 11.1 Å². The summed E-state index contributed by atoms with van der Waals surface area (Å²) < 4.78 is 5.66. The average molecular weight is 235 g/mol. The minimum atomic E-state index is -0.101. The molecule has 0 saturated heterocycles. The molecule has 0 bridgehead atoms. The third-order valence-electron chi connectivity index (χ3n) is 2.19. The molecule has 0 saturated carbocycles. The van der Waals surface area contributed by atoms with Gasteiger partial charge in [-0.25, -0.2) is 4.98 Å². The van der Waals surface area contributed by atoms with E-state index in [-0.39, 0.29) is 6.10 Å². The van der Waals surface area contributed by atoms with Gasteiger partial charge in [0.2, 0.25) is 5.88 Å². The van der Waals surface area contributed by atoms with E-state index in [2.05, 4.69) is 9.97 Å². The molecule has 0 N–H and O–H groups in total. The number of halogens is 1. The van der Waals surface area contributed by atoms with Crippen molar-refractivity contribution in [1.82, 2.24) is 9.97 Å². The number of ether oxygens (including phenoxy) is 1. The second kappa shape index (κ2) is 4.94. The van der Waals surface area contributed by atoms with Crippen molar-refractivity contribution < 1.29 is 4.74 Å². The van der Waals surface area contributed by atoms with Crippen molar-refractivity contribution >= 4 is 11.6 Å². The van der Waals surface area contributed by atoms with E-state index in [1.807, 2.05) is 19.1 Å². The normalized spacial score (nSPS) is 12.1. The lowest BCUT2D eigenvalue weighted by atomic mass is 10.2. The summed E-state index contributed by atoms with van der Waals surface area (Å²) in [5.41, 5.74) is 1.04. The molecule has 0 fully saturated rings. The lowest BCUT2D eigenvalue weighted by Gasteiger charge is -2.14. The number of nitrogens with zero attached hydrogens (tertiary/aromatic N) is 2. The summed E-state index contributed by atoms with van der Waals surface area (Å²) in [6.07, 6.45) is 5.01. The van der Waals surface area contributed by atoms with Crippen LogP contribution in [0.5, 0.6) is 5.88 Å². The smallest absolute Gasteiger partial charge is 0.233 e. The first kappa shape index (κ1) is 10.9. The lowest BCUT2D eigenvalue weighted by molar-refractivity contribution is 0.217. The predicted molar refractivity (Wildman–Crippen MR) is 62.5 cm³/mol. The molecule has 3 nitrogen and oxygen atoms in total. The second-order valence-corrected chi connectivity index (χ2v) is 3.74. The summed E-state index contributed by atoms with van der Waals surface area (Å²) in [5.74, 6) is 0.452. The predicted octanol–water partition coefficient (Wildman–Crippen LogP) is 3.27. The number of hydrogen-bond acceptors (Lipinski definition) is 3. The van der Waals surface area contributed by atoms with Crippen LogP contribution in [0.15, 0.2) is 42.9 Å². The van der Waals surface area contributed by atoms with Crippen molar-refractivity contribution in [3.8, 4) is 5.88 Å². The van der Waals surface area contributed by atoms with Gasteiger partial charge in [0.15, 0.2) is 0 Å². The minimum absolute atomic E-state index is 0.101. The third-order valence-corrected chi connectivity index (χ3v) is 2.48. The lowest BCUT2D eigenvalue weighted by Crippen LogP contribution is -2.04. The van der Waals surface area contributed by atoms with Crippen LogP contribution in [0.3, 0.4) is 0 Å². The Morgan fingerprint density at radius 2 is 1.94 bits per heavy atom. The molecule has 2 aromatic heterocycles. The zero-order valence-electron chi connectivity index (χ0n) is 8.80. The van der Waals surface area contributed by atoms with Gasteiger partial charge in [0.25, 0.3) is 0 Å². The summed E-state index contributed by atoms with van der Waals surface area (Å²) in [4.78, 5) is 8.03. The standard InChI is InChI=1S/C12H11ClN2O/c1-9(10-4-7-14-8-5-10)16-12-11(13)3-2-6-15-12/h2-9H,1H3. The first-order valence-corrected chi connectivity index (χ1v) is 5.32. The molecule has 0 aliphatic carbocycles. The van der Waals surface area contributed by atoms with Gasteiger partial charge < -0.3 is 4.74 Å². The zero-order valence-corrected chi connectivity index (χ0v) is 9.56. The fourth-order valence-corrected chi connectivity index (χ4v) is 1.49. The molecule has 4 heteroatoms. The molecule has 0 amide bonds. The van der Waals surface area contributed by atoms with Gasteiger partial charge >= 0.3 is 0 Å². The molecule has 0 spiro atoms. The van der Waals surface area contributed by atoms with Crippen LogP contribution < -0.4 is 4.74 Å². The Morgan fingerprint density at radius 1 is 1.19 bits per heavy atom. The van der Waals surface area contributed by atoms with Crippen molar-refractivity contribution in [2.45, 2.75) is 13.0 Å². The van der Waals surface area contributed by atoms with Crippen molar-refractivity contribution in [2.24, 2.45) is 0 Å². The highest BCUT2D eigenvalue weighted by molar-refractivity contribution is 6.31. The highest BCUT2D eigenvalue weighted by Crippen LogP contribution is 2.25. The third kappa shape index (κ3) is 2.49. The van der Waals surface area contributed by atoms with E-state index in [4.69, 9.17) is 16.3 Å². The first-order chi connectivity index (χ1) is 7.77. The van der Waals surface area contributed by atoms with E-state index in [1.165, 1.54) is 0 Å². The van der Waals surface area contributed by atoms with E-state index in [1.54, 1.807) is 30.7 Å². The van der Waals surface area contributed by atoms with E-state index in [0.29, 0.717) is 10.9 Å². The van der Waals surface area contributed by atoms with Gasteiger partial charge in [-0.05, 0) is 36.8 Å². The van der Waals surface area contributed by atoms with Crippen molar-refractivity contribution in [2.75, 3.05) is 0 Å². The molecule has 1 unspecified atom stereocenters. The topological polar surface area (TPSA) is 35.0 Å². The van der Waals surface area contributed by atoms with Crippen LogP contribution in [0.2, 0.25) is 5.02 Å². The Bertz CT molecular complexity index is 462. The van der Waals surface area contributed by atoms with E-state index >= 15 is 0 Å².